The Hall–Kier alpha value is -1.07. The molecule has 1 aromatic rings. The smallest absolute Gasteiger partial charge is 0.260 e. The molecule has 1 aromatic carbocycles. The van der Waals surface area contributed by atoms with E-state index in [2.05, 4.69) is 15.9 Å². The summed E-state index contributed by atoms with van der Waals surface area (Å²) in [4.78, 5) is 13.7. The van der Waals surface area contributed by atoms with Gasteiger partial charge in [-0.2, -0.15) is 0 Å². The molecule has 1 saturated carbocycles. The second-order valence-electron chi connectivity index (χ2n) is 4.26. The topological polar surface area (TPSA) is 49.8 Å². The third kappa shape index (κ3) is 3.46. The molecule has 2 rings (SSSR count). The Labute approximate surface area is 115 Å². The van der Waals surface area contributed by atoms with Crippen LogP contribution in [-0.2, 0) is 4.79 Å². The first kappa shape index (κ1) is 13.4. The second-order valence-corrected chi connectivity index (χ2v) is 5.12. The van der Waals surface area contributed by atoms with Crippen molar-refractivity contribution >= 4 is 21.8 Å². The van der Waals surface area contributed by atoms with Gasteiger partial charge in [-0.05, 0) is 40.9 Å². The maximum absolute atomic E-state index is 12.0. The minimum absolute atomic E-state index is 0.00271. The summed E-state index contributed by atoms with van der Waals surface area (Å²) in [7, 11) is 0. The van der Waals surface area contributed by atoms with E-state index in [0.29, 0.717) is 18.3 Å². The molecular formula is C13H16BrNO3. The van der Waals surface area contributed by atoms with Gasteiger partial charge in [0.05, 0.1) is 11.1 Å². The summed E-state index contributed by atoms with van der Waals surface area (Å²) in [6, 6.07) is 7.72. The number of rotatable bonds is 6. The van der Waals surface area contributed by atoms with Gasteiger partial charge in [-0.15, -0.1) is 0 Å². The van der Waals surface area contributed by atoms with E-state index in [1.54, 1.807) is 4.90 Å². The molecule has 0 aliphatic heterocycles. The zero-order chi connectivity index (χ0) is 13.0. The summed E-state index contributed by atoms with van der Waals surface area (Å²) in [6.07, 6.45) is 2.06. The predicted molar refractivity (Wildman–Crippen MR) is 71.5 cm³/mol. The highest BCUT2D eigenvalue weighted by Gasteiger charge is 2.32. The van der Waals surface area contributed by atoms with Crippen LogP contribution in [0.25, 0.3) is 0 Å². The number of halogens is 1. The molecule has 18 heavy (non-hydrogen) atoms. The Morgan fingerprint density at radius 3 is 2.78 bits per heavy atom. The van der Waals surface area contributed by atoms with Crippen LogP contribution < -0.4 is 4.74 Å². The highest BCUT2D eigenvalue weighted by atomic mass is 79.9. The van der Waals surface area contributed by atoms with Crippen LogP contribution in [0.3, 0.4) is 0 Å². The lowest BCUT2D eigenvalue weighted by Crippen LogP contribution is -2.38. The fraction of sp³-hybridized carbons (Fsp3) is 0.462. The Bertz CT molecular complexity index is 420. The van der Waals surface area contributed by atoms with Crippen LogP contribution in [0.15, 0.2) is 28.7 Å². The number of aliphatic hydroxyl groups excluding tert-OH is 1. The van der Waals surface area contributed by atoms with Gasteiger partial charge in [0.1, 0.15) is 5.75 Å². The van der Waals surface area contributed by atoms with Crippen LogP contribution >= 0.6 is 15.9 Å². The van der Waals surface area contributed by atoms with Gasteiger partial charge in [-0.1, -0.05) is 12.1 Å². The first-order chi connectivity index (χ1) is 8.72. The summed E-state index contributed by atoms with van der Waals surface area (Å²) in [5, 5.41) is 8.95. The normalized spacial score (nSPS) is 14.3. The van der Waals surface area contributed by atoms with Crippen molar-refractivity contribution < 1.29 is 14.6 Å². The van der Waals surface area contributed by atoms with E-state index in [0.717, 1.165) is 17.3 Å². The fourth-order valence-electron chi connectivity index (χ4n) is 1.79. The molecule has 1 fully saturated rings. The number of para-hydroxylation sites is 1. The number of amides is 1. The minimum Gasteiger partial charge on any atom is -0.483 e. The van der Waals surface area contributed by atoms with Crippen molar-refractivity contribution in [3.05, 3.63) is 28.7 Å². The zero-order valence-corrected chi connectivity index (χ0v) is 11.6. The number of aliphatic hydroxyl groups is 1. The molecule has 1 aliphatic rings. The van der Waals surface area contributed by atoms with Crippen LogP contribution in [0.4, 0.5) is 0 Å². The van der Waals surface area contributed by atoms with Crippen molar-refractivity contribution in [1.29, 1.82) is 0 Å². The molecule has 0 saturated heterocycles. The van der Waals surface area contributed by atoms with E-state index in [-0.39, 0.29) is 19.1 Å². The number of carbonyl (C=O) groups is 1. The molecule has 98 valence electrons. The van der Waals surface area contributed by atoms with Crippen LogP contribution in [0.1, 0.15) is 12.8 Å². The lowest BCUT2D eigenvalue weighted by Gasteiger charge is -2.21. The van der Waals surface area contributed by atoms with E-state index in [4.69, 9.17) is 9.84 Å². The Morgan fingerprint density at radius 1 is 1.44 bits per heavy atom. The number of hydrogen-bond acceptors (Lipinski definition) is 3. The first-order valence-corrected chi connectivity index (χ1v) is 6.79. The van der Waals surface area contributed by atoms with Crippen LogP contribution in [-0.4, -0.2) is 41.7 Å². The van der Waals surface area contributed by atoms with Gasteiger partial charge in [-0.25, -0.2) is 0 Å². The number of ether oxygens (including phenoxy) is 1. The molecule has 5 heteroatoms. The van der Waals surface area contributed by atoms with Gasteiger partial charge in [0.15, 0.2) is 6.61 Å². The Balaban J connectivity index is 1.89. The average molecular weight is 314 g/mol. The molecule has 0 unspecified atom stereocenters. The quantitative estimate of drug-likeness (QED) is 0.871. The second kappa shape index (κ2) is 6.20. The lowest BCUT2D eigenvalue weighted by molar-refractivity contribution is -0.134. The van der Waals surface area contributed by atoms with Crippen LogP contribution in [0.2, 0.25) is 0 Å². The van der Waals surface area contributed by atoms with Gasteiger partial charge in [0.25, 0.3) is 5.91 Å². The van der Waals surface area contributed by atoms with Gasteiger partial charge in [0.2, 0.25) is 0 Å². The van der Waals surface area contributed by atoms with E-state index in [1.165, 1.54) is 0 Å². The fourth-order valence-corrected chi connectivity index (χ4v) is 2.19. The van der Waals surface area contributed by atoms with Crippen LogP contribution in [0, 0.1) is 0 Å². The maximum Gasteiger partial charge on any atom is 0.260 e. The third-order valence-electron chi connectivity index (χ3n) is 2.84. The molecule has 1 amide bonds. The molecule has 4 nitrogen and oxygen atoms in total. The van der Waals surface area contributed by atoms with E-state index in [1.807, 2.05) is 24.3 Å². The van der Waals surface area contributed by atoms with Gasteiger partial charge in [0, 0.05) is 12.6 Å². The highest BCUT2D eigenvalue weighted by Crippen LogP contribution is 2.27. The van der Waals surface area contributed by atoms with E-state index < -0.39 is 0 Å². The van der Waals surface area contributed by atoms with Crippen molar-refractivity contribution in [3.8, 4) is 5.75 Å². The molecule has 0 bridgehead atoms. The molecule has 0 aromatic heterocycles. The number of nitrogens with zero attached hydrogens (tertiary/aromatic N) is 1. The standard InChI is InChI=1S/C13H16BrNO3/c14-11-3-1-2-4-12(11)18-9-13(17)15(7-8-16)10-5-6-10/h1-4,10,16H,5-9H2. The molecule has 1 aliphatic carbocycles. The molecular weight excluding hydrogens is 298 g/mol. The summed E-state index contributed by atoms with van der Waals surface area (Å²) >= 11 is 3.37. The SMILES string of the molecule is O=C(COc1ccccc1Br)N(CCO)C1CC1. The number of carbonyl (C=O) groups excluding carboxylic acids is 1. The van der Waals surface area contributed by atoms with Crippen molar-refractivity contribution in [2.75, 3.05) is 19.8 Å². The summed E-state index contributed by atoms with van der Waals surface area (Å²) in [5.74, 6) is 0.591. The zero-order valence-electron chi connectivity index (χ0n) is 10.0. The average Bonchev–Trinajstić information content (AvgIpc) is 3.19. The van der Waals surface area contributed by atoms with Crippen molar-refractivity contribution in [3.63, 3.8) is 0 Å². The van der Waals surface area contributed by atoms with E-state index >= 15 is 0 Å². The predicted octanol–water partition coefficient (Wildman–Crippen LogP) is 1.81. The van der Waals surface area contributed by atoms with Crippen molar-refractivity contribution in [1.82, 2.24) is 4.90 Å². The molecule has 0 radical (unpaired) electrons. The Morgan fingerprint density at radius 2 is 2.17 bits per heavy atom. The van der Waals surface area contributed by atoms with Gasteiger partial charge < -0.3 is 14.7 Å². The summed E-state index contributed by atoms with van der Waals surface area (Å²) in [5.41, 5.74) is 0. The van der Waals surface area contributed by atoms with E-state index in [9.17, 15) is 4.79 Å². The minimum atomic E-state index is -0.0673. The molecule has 0 heterocycles. The van der Waals surface area contributed by atoms with Gasteiger partial charge in [-0.3, -0.25) is 4.79 Å². The van der Waals surface area contributed by atoms with Crippen molar-refractivity contribution in [2.24, 2.45) is 0 Å². The monoisotopic (exact) mass is 313 g/mol. The van der Waals surface area contributed by atoms with Gasteiger partial charge >= 0.3 is 0 Å². The highest BCUT2D eigenvalue weighted by molar-refractivity contribution is 9.10. The lowest BCUT2D eigenvalue weighted by atomic mass is 10.3. The van der Waals surface area contributed by atoms with Crippen molar-refractivity contribution in [2.45, 2.75) is 18.9 Å². The summed E-state index contributed by atoms with van der Waals surface area (Å²) < 4.78 is 6.32. The van der Waals surface area contributed by atoms with Crippen LogP contribution in [0.5, 0.6) is 5.75 Å². The number of benzene rings is 1. The maximum atomic E-state index is 12.0. The molecule has 0 atom stereocenters. The Kier molecular flexibility index (Phi) is 4.60. The number of hydrogen-bond donors (Lipinski definition) is 1. The first-order valence-electron chi connectivity index (χ1n) is 6.00. The summed E-state index contributed by atoms with van der Waals surface area (Å²) in [6.45, 7) is 0.402. The third-order valence-corrected chi connectivity index (χ3v) is 3.49. The molecule has 0 spiro atoms. The molecule has 1 N–H and O–H groups in total. The largest absolute Gasteiger partial charge is 0.483 e.